The summed E-state index contributed by atoms with van der Waals surface area (Å²) in [6.45, 7) is 1.10. The number of carbonyl (C=O) groups excluding carboxylic acids is 1. The highest BCUT2D eigenvalue weighted by Gasteiger charge is 2.32. The van der Waals surface area contributed by atoms with Gasteiger partial charge >= 0.3 is 5.97 Å². The number of aromatic nitrogens is 3. The van der Waals surface area contributed by atoms with E-state index in [1.54, 1.807) is 16.0 Å². The van der Waals surface area contributed by atoms with E-state index in [0.717, 1.165) is 15.2 Å². The molecule has 0 saturated carbocycles. The zero-order valence-corrected chi connectivity index (χ0v) is 16.9. The predicted molar refractivity (Wildman–Crippen MR) is 111 cm³/mol. The van der Waals surface area contributed by atoms with Crippen molar-refractivity contribution in [2.75, 3.05) is 7.11 Å². The molecule has 1 unspecified atom stereocenters. The maximum atomic E-state index is 12.4. The maximum Gasteiger partial charge on any atom is 0.323 e. The first-order valence-corrected chi connectivity index (χ1v) is 10.2. The quantitative estimate of drug-likeness (QED) is 0.381. The second-order valence-electron chi connectivity index (χ2n) is 6.87. The van der Waals surface area contributed by atoms with Crippen molar-refractivity contribution in [3.8, 4) is 0 Å². The van der Waals surface area contributed by atoms with E-state index in [0.29, 0.717) is 24.4 Å². The van der Waals surface area contributed by atoms with Gasteiger partial charge in [-0.3, -0.25) is 14.1 Å². The van der Waals surface area contributed by atoms with Crippen molar-refractivity contribution >= 4 is 44.7 Å². The Morgan fingerprint density at radius 3 is 2.79 bits per heavy atom. The van der Waals surface area contributed by atoms with Crippen molar-refractivity contribution in [1.29, 1.82) is 0 Å². The van der Waals surface area contributed by atoms with Gasteiger partial charge in [-0.05, 0) is 41.9 Å². The average molecular weight is 411 g/mol. The van der Waals surface area contributed by atoms with Gasteiger partial charge < -0.3 is 4.74 Å². The van der Waals surface area contributed by atoms with Crippen LogP contribution in [0.5, 0.6) is 0 Å². The molecule has 0 aliphatic carbocycles. The molecule has 1 aliphatic heterocycles. The van der Waals surface area contributed by atoms with Gasteiger partial charge in [0.15, 0.2) is 0 Å². The Labute approximate surface area is 170 Å². The van der Waals surface area contributed by atoms with Crippen LogP contribution in [0.3, 0.4) is 0 Å². The Balaban J connectivity index is 1.54. The molecule has 6 nitrogen and oxygen atoms in total. The van der Waals surface area contributed by atoms with Gasteiger partial charge in [-0.2, -0.15) is 0 Å². The van der Waals surface area contributed by atoms with Crippen LogP contribution in [0.15, 0.2) is 48.5 Å². The summed E-state index contributed by atoms with van der Waals surface area (Å²) in [6.07, 6.45) is 0.626. The summed E-state index contributed by atoms with van der Waals surface area (Å²) in [4.78, 5) is 15.4. The number of hydrogen-bond donors (Lipinski definition) is 0. The van der Waals surface area contributed by atoms with Crippen LogP contribution < -0.4 is 0 Å². The molecular formula is C20H18N4O2S2. The molecule has 1 aliphatic rings. The van der Waals surface area contributed by atoms with Crippen molar-refractivity contribution < 1.29 is 9.53 Å². The van der Waals surface area contributed by atoms with E-state index < -0.39 is 0 Å². The molecule has 2 aromatic heterocycles. The molecule has 8 heteroatoms. The molecule has 0 saturated heterocycles. The number of para-hydroxylation sites is 1. The van der Waals surface area contributed by atoms with Gasteiger partial charge in [0, 0.05) is 6.54 Å². The Morgan fingerprint density at radius 1 is 1.21 bits per heavy atom. The van der Waals surface area contributed by atoms with Crippen molar-refractivity contribution in [3.05, 3.63) is 64.4 Å². The second-order valence-corrected chi connectivity index (χ2v) is 8.24. The molecule has 3 heterocycles. The van der Waals surface area contributed by atoms with E-state index in [1.807, 2.05) is 28.7 Å². The van der Waals surface area contributed by atoms with E-state index in [-0.39, 0.29) is 12.0 Å². The van der Waals surface area contributed by atoms with Crippen LogP contribution in [0.4, 0.5) is 0 Å². The third-order valence-electron chi connectivity index (χ3n) is 5.25. The smallest absolute Gasteiger partial charge is 0.323 e. The molecule has 4 aromatic rings. The maximum absolute atomic E-state index is 12.4. The molecule has 5 rings (SSSR count). The fourth-order valence-corrected chi connectivity index (χ4v) is 5.21. The lowest BCUT2D eigenvalue weighted by Gasteiger charge is -2.34. The third kappa shape index (κ3) is 2.76. The van der Waals surface area contributed by atoms with E-state index in [9.17, 15) is 4.79 Å². The van der Waals surface area contributed by atoms with E-state index >= 15 is 0 Å². The summed E-state index contributed by atoms with van der Waals surface area (Å²) in [7, 11) is 1.44. The van der Waals surface area contributed by atoms with Crippen molar-refractivity contribution in [2.45, 2.75) is 25.7 Å². The topological polar surface area (TPSA) is 51.8 Å². The first-order valence-electron chi connectivity index (χ1n) is 9.01. The highest BCUT2D eigenvalue weighted by Crippen LogP contribution is 2.27. The van der Waals surface area contributed by atoms with Crippen molar-refractivity contribution in [1.82, 2.24) is 19.1 Å². The highest BCUT2D eigenvalue weighted by molar-refractivity contribution is 7.71. The number of ether oxygens (including phenoxy) is 1. The molecule has 1 atom stereocenters. The summed E-state index contributed by atoms with van der Waals surface area (Å²) in [5.41, 5.74) is 3.47. The van der Waals surface area contributed by atoms with Gasteiger partial charge in [-0.1, -0.05) is 47.7 Å². The Kier molecular flexibility index (Phi) is 4.26. The molecule has 0 bridgehead atoms. The molecule has 0 radical (unpaired) electrons. The lowest BCUT2D eigenvalue weighted by atomic mass is 9.94. The molecule has 0 spiro atoms. The van der Waals surface area contributed by atoms with Crippen LogP contribution in [0.2, 0.25) is 0 Å². The first-order chi connectivity index (χ1) is 13.7. The third-order valence-corrected chi connectivity index (χ3v) is 6.66. The SMILES string of the molecule is COC(=O)C1Cc2ccccc2CN1Cn1nc2sc3ccccc3n2c1=S. The number of nitrogens with zero attached hydrogens (tertiary/aromatic N) is 4. The van der Waals surface area contributed by atoms with Gasteiger partial charge in [-0.25, -0.2) is 4.68 Å². The average Bonchev–Trinajstić information content (AvgIpc) is 3.23. The van der Waals surface area contributed by atoms with Crippen LogP contribution in [0.1, 0.15) is 11.1 Å². The number of carbonyl (C=O) groups is 1. The molecule has 28 heavy (non-hydrogen) atoms. The van der Waals surface area contributed by atoms with Gasteiger partial charge in [0.05, 0.1) is 24.0 Å². The van der Waals surface area contributed by atoms with Crippen molar-refractivity contribution in [3.63, 3.8) is 0 Å². The number of esters is 1. The minimum atomic E-state index is -0.349. The standard InChI is InChI=1S/C20H18N4O2S2/c1-26-18(25)16-10-13-6-2-3-7-14(13)11-22(16)12-23-20(27)24-15-8-4-5-9-17(15)28-19(24)21-23/h2-9,16H,10-12H2,1H3. The van der Waals surface area contributed by atoms with Gasteiger partial charge in [-0.15, -0.1) is 5.10 Å². The van der Waals surface area contributed by atoms with Gasteiger partial charge in [0.1, 0.15) is 6.04 Å². The van der Waals surface area contributed by atoms with Crippen LogP contribution in [-0.2, 0) is 29.2 Å². The molecule has 0 amide bonds. The predicted octanol–water partition coefficient (Wildman–Crippen LogP) is 3.64. The minimum absolute atomic E-state index is 0.229. The Hall–Kier alpha value is -2.55. The number of benzene rings is 2. The second kappa shape index (κ2) is 6.80. The highest BCUT2D eigenvalue weighted by atomic mass is 32.1. The summed E-state index contributed by atoms with van der Waals surface area (Å²) in [5.74, 6) is -0.229. The fraction of sp³-hybridized carbons (Fsp3) is 0.250. The lowest BCUT2D eigenvalue weighted by molar-refractivity contribution is -0.148. The normalized spacial score (nSPS) is 17.1. The zero-order chi connectivity index (χ0) is 19.3. The van der Waals surface area contributed by atoms with E-state index in [4.69, 9.17) is 22.1 Å². The van der Waals surface area contributed by atoms with E-state index in [2.05, 4.69) is 29.2 Å². The lowest BCUT2D eigenvalue weighted by Crippen LogP contribution is -2.46. The molecular weight excluding hydrogens is 392 g/mol. The summed E-state index contributed by atoms with van der Waals surface area (Å²) in [6, 6.07) is 16.0. The summed E-state index contributed by atoms with van der Waals surface area (Å²) < 4.78 is 10.7. The fourth-order valence-electron chi connectivity index (χ4n) is 3.85. The molecule has 2 aromatic carbocycles. The van der Waals surface area contributed by atoms with E-state index in [1.165, 1.54) is 18.2 Å². The monoisotopic (exact) mass is 410 g/mol. The molecule has 0 fully saturated rings. The van der Waals surface area contributed by atoms with Gasteiger partial charge in [0.2, 0.25) is 9.73 Å². The number of fused-ring (bicyclic) bond motifs is 4. The van der Waals surface area contributed by atoms with Crippen LogP contribution in [0, 0.1) is 4.77 Å². The van der Waals surface area contributed by atoms with Crippen LogP contribution in [-0.4, -0.2) is 38.2 Å². The van der Waals surface area contributed by atoms with Crippen LogP contribution >= 0.6 is 23.6 Å². The number of methoxy groups -OCH3 is 1. The largest absolute Gasteiger partial charge is 0.468 e. The molecule has 0 N–H and O–H groups in total. The number of hydrogen-bond acceptors (Lipinski definition) is 6. The Bertz CT molecular complexity index is 1260. The number of rotatable bonds is 3. The summed E-state index contributed by atoms with van der Waals surface area (Å²) >= 11 is 7.33. The van der Waals surface area contributed by atoms with Crippen LogP contribution in [0.25, 0.3) is 15.2 Å². The Morgan fingerprint density at radius 2 is 1.96 bits per heavy atom. The number of thiazole rings is 1. The molecule has 142 valence electrons. The van der Waals surface area contributed by atoms with Gasteiger partial charge in [0.25, 0.3) is 0 Å². The summed E-state index contributed by atoms with van der Waals surface area (Å²) in [5, 5.41) is 4.72. The minimum Gasteiger partial charge on any atom is -0.468 e. The van der Waals surface area contributed by atoms with Crippen molar-refractivity contribution in [2.24, 2.45) is 0 Å². The zero-order valence-electron chi connectivity index (χ0n) is 15.2. The first kappa shape index (κ1) is 17.5.